The van der Waals surface area contributed by atoms with Crippen LogP contribution < -0.4 is 16.0 Å². The van der Waals surface area contributed by atoms with Gasteiger partial charge in [0.25, 0.3) is 5.91 Å². The Hall–Kier alpha value is -3.01. The Morgan fingerprint density at radius 2 is 2.10 bits per heavy atom. The van der Waals surface area contributed by atoms with E-state index in [-0.39, 0.29) is 18.6 Å². The highest BCUT2D eigenvalue weighted by Crippen LogP contribution is 2.41. The number of nitrogens with zero attached hydrogens (tertiary/aromatic N) is 3. The third-order valence-corrected chi connectivity index (χ3v) is 6.31. The van der Waals surface area contributed by atoms with Gasteiger partial charge in [0.15, 0.2) is 5.82 Å². The Kier molecular flexibility index (Phi) is 5.09. The van der Waals surface area contributed by atoms with Crippen LogP contribution in [0.2, 0.25) is 5.15 Å². The molecule has 0 saturated heterocycles. The molecular formula is C21H19ClN6O2S. The van der Waals surface area contributed by atoms with Gasteiger partial charge in [-0.2, -0.15) is 0 Å². The van der Waals surface area contributed by atoms with Crippen molar-refractivity contribution in [1.29, 1.82) is 0 Å². The predicted octanol–water partition coefficient (Wildman–Crippen LogP) is 4.33. The molecule has 158 valence electrons. The maximum atomic E-state index is 12.6. The number of methoxy groups -OCH3 is 1. The van der Waals surface area contributed by atoms with E-state index in [1.54, 1.807) is 13.2 Å². The van der Waals surface area contributed by atoms with E-state index in [9.17, 15) is 4.79 Å². The largest absolute Gasteiger partial charge is 0.381 e. The predicted molar refractivity (Wildman–Crippen MR) is 124 cm³/mol. The smallest absolute Gasteiger partial charge is 0.263 e. The molecule has 3 N–H and O–H groups in total. The van der Waals surface area contributed by atoms with Crippen molar-refractivity contribution in [3.63, 3.8) is 0 Å². The van der Waals surface area contributed by atoms with Gasteiger partial charge in [0.05, 0.1) is 11.2 Å². The normalized spacial score (nSPS) is 16.0. The van der Waals surface area contributed by atoms with Gasteiger partial charge in [-0.05, 0) is 31.2 Å². The summed E-state index contributed by atoms with van der Waals surface area (Å²) in [5.41, 5.74) is 1.69. The zero-order valence-corrected chi connectivity index (χ0v) is 18.4. The summed E-state index contributed by atoms with van der Waals surface area (Å²) in [6, 6.07) is 9.56. The molecule has 0 unspecified atom stereocenters. The van der Waals surface area contributed by atoms with E-state index in [2.05, 4.69) is 25.9 Å². The number of ether oxygens (including phenoxy) is 1. The Labute approximate surface area is 187 Å². The standard InChI is InChI=1S/C21H19ClN6O2S/c1-10-8-23-19-18-11-3-6-15(27-16-7-14(22)26-17(28-16)9-30-2)25-12(11)4-5-13(18)31-20(19)21(29)24-10/h3-7,10,23H,8-9H2,1-2H3,(H,24,29)(H,25,26,27,28)/t10-/m0/s1. The summed E-state index contributed by atoms with van der Waals surface area (Å²) < 4.78 is 6.13. The summed E-state index contributed by atoms with van der Waals surface area (Å²) in [6.45, 7) is 2.92. The molecule has 4 aromatic rings. The van der Waals surface area contributed by atoms with Crippen molar-refractivity contribution in [2.24, 2.45) is 0 Å². The maximum absolute atomic E-state index is 12.6. The minimum absolute atomic E-state index is 0.0411. The van der Waals surface area contributed by atoms with Gasteiger partial charge in [0, 0.05) is 41.2 Å². The lowest BCUT2D eigenvalue weighted by Crippen LogP contribution is -2.34. The third kappa shape index (κ3) is 3.76. The van der Waals surface area contributed by atoms with Crippen LogP contribution in [0, 0.1) is 0 Å². The fraction of sp³-hybridized carbons (Fsp3) is 0.238. The van der Waals surface area contributed by atoms with Gasteiger partial charge < -0.3 is 20.7 Å². The van der Waals surface area contributed by atoms with Crippen LogP contribution in [0.1, 0.15) is 22.4 Å². The first kappa shape index (κ1) is 19.9. The van der Waals surface area contributed by atoms with Crippen molar-refractivity contribution in [2.45, 2.75) is 19.6 Å². The summed E-state index contributed by atoms with van der Waals surface area (Å²) >= 11 is 7.59. The van der Waals surface area contributed by atoms with Crippen molar-refractivity contribution in [3.8, 4) is 0 Å². The fourth-order valence-electron chi connectivity index (χ4n) is 3.65. The van der Waals surface area contributed by atoms with E-state index in [4.69, 9.17) is 21.3 Å². The molecule has 0 saturated carbocycles. The summed E-state index contributed by atoms with van der Waals surface area (Å²) in [7, 11) is 1.58. The van der Waals surface area contributed by atoms with Crippen LogP contribution in [0.25, 0.3) is 21.0 Å². The SMILES string of the molecule is COCc1nc(Cl)cc(Nc2ccc3c(ccc4sc5c(c43)NC[C@H](C)NC5=O)n2)n1. The second-order valence-electron chi connectivity index (χ2n) is 7.31. The van der Waals surface area contributed by atoms with Crippen LogP contribution in [0.3, 0.4) is 0 Å². The molecule has 1 aliphatic heterocycles. The van der Waals surface area contributed by atoms with Crippen LogP contribution in [0.15, 0.2) is 30.3 Å². The van der Waals surface area contributed by atoms with Gasteiger partial charge in [0.1, 0.15) is 28.3 Å². The number of anilines is 3. The molecule has 0 aliphatic carbocycles. The molecule has 0 radical (unpaired) electrons. The molecule has 1 aliphatic rings. The topological polar surface area (TPSA) is 101 Å². The first-order valence-corrected chi connectivity index (χ1v) is 10.9. The lowest BCUT2D eigenvalue weighted by Gasteiger charge is -2.11. The molecule has 0 bridgehead atoms. The summed E-state index contributed by atoms with van der Waals surface area (Å²) in [6.07, 6.45) is 0. The van der Waals surface area contributed by atoms with Crippen LogP contribution in [-0.2, 0) is 11.3 Å². The van der Waals surface area contributed by atoms with Gasteiger partial charge in [-0.1, -0.05) is 11.6 Å². The second kappa shape index (κ2) is 7.92. The van der Waals surface area contributed by atoms with E-state index in [1.165, 1.54) is 11.3 Å². The molecule has 10 heteroatoms. The van der Waals surface area contributed by atoms with Crippen molar-refractivity contribution in [3.05, 3.63) is 46.2 Å². The molecule has 31 heavy (non-hydrogen) atoms. The van der Waals surface area contributed by atoms with Crippen LogP contribution in [0.5, 0.6) is 0 Å². The van der Waals surface area contributed by atoms with Crippen LogP contribution in [-0.4, -0.2) is 40.6 Å². The lowest BCUT2D eigenvalue weighted by molar-refractivity contribution is 0.0949. The first-order valence-electron chi connectivity index (χ1n) is 9.72. The maximum Gasteiger partial charge on any atom is 0.263 e. The number of thiophene rings is 1. The monoisotopic (exact) mass is 454 g/mol. The molecule has 3 aromatic heterocycles. The number of rotatable bonds is 4. The summed E-state index contributed by atoms with van der Waals surface area (Å²) in [4.78, 5) is 26.6. The first-order chi connectivity index (χ1) is 15.0. The van der Waals surface area contributed by atoms with Gasteiger partial charge >= 0.3 is 0 Å². The molecule has 1 amide bonds. The quantitative estimate of drug-likeness (QED) is 0.394. The number of benzene rings is 1. The number of pyridine rings is 1. The Bertz CT molecular complexity index is 1320. The van der Waals surface area contributed by atoms with Gasteiger partial charge in [-0.15, -0.1) is 11.3 Å². The van der Waals surface area contributed by atoms with Crippen LogP contribution in [0.4, 0.5) is 17.3 Å². The summed E-state index contributed by atoms with van der Waals surface area (Å²) in [5.74, 6) is 1.61. The van der Waals surface area contributed by atoms with Gasteiger partial charge in [-0.25, -0.2) is 15.0 Å². The molecule has 4 heterocycles. The fourth-order valence-corrected chi connectivity index (χ4v) is 4.95. The number of carbonyl (C=O) groups is 1. The average molecular weight is 455 g/mol. The molecule has 0 fully saturated rings. The molecule has 1 atom stereocenters. The highest BCUT2D eigenvalue weighted by molar-refractivity contribution is 7.21. The minimum atomic E-state index is -0.0411. The minimum Gasteiger partial charge on any atom is -0.381 e. The zero-order chi connectivity index (χ0) is 21.5. The van der Waals surface area contributed by atoms with E-state index in [0.717, 1.165) is 26.7 Å². The molecule has 5 rings (SSSR count). The Morgan fingerprint density at radius 3 is 2.94 bits per heavy atom. The number of fused-ring (bicyclic) bond motifs is 5. The van der Waals surface area contributed by atoms with E-state index >= 15 is 0 Å². The second-order valence-corrected chi connectivity index (χ2v) is 8.75. The molecular weight excluding hydrogens is 436 g/mol. The van der Waals surface area contributed by atoms with Crippen molar-refractivity contribution in [1.82, 2.24) is 20.3 Å². The van der Waals surface area contributed by atoms with E-state index in [1.807, 2.05) is 31.2 Å². The van der Waals surface area contributed by atoms with E-state index in [0.29, 0.717) is 34.0 Å². The lowest BCUT2D eigenvalue weighted by atomic mass is 10.1. The number of halogens is 1. The van der Waals surface area contributed by atoms with Crippen molar-refractivity contribution >= 4 is 67.2 Å². The van der Waals surface area contributed by atoms with Gasteiger partial charge in [-0.3, -0.25) is 4.79 Å². The Balaban J connectivity index is 1.55. The molecule has 0 spiro atoms. The van der Waals surface area contributed by atoms with Crippen molar-refractivity contribution in [2.75, 3.05) is 24.3 Å². The number of nitrogens with one attached hydrogen (secondary N) is 3. The molecule has 8 nitrogen and oxygen atoms in total. The summed E-state index contributed by atoms with van der Waals surface area (Å²) in [5, 5.41) is 12.0. The van der Waals surface area contributed by atoms with Crippen LogP contribution >= 0.6 is 22.9 Å². The number of hydrogen-bond acceptors (Lipinski definition) is 8. The Morgan fingerprint density at radius 1 is 1.23 bits per heavy atom. The van der Waals surface area contributed by atoms with E-state index < -0.39 is 0 Å². The highest BCUT2D eigenvalue weighted by atomic mass is 35.5. The molecule has 1 aromatic carbocycles. The number of hydrogen-bond donors (Lipinski definition) is 3. The van der Waals surface area contributed by atoms with Gasteiger partial charge in [0.2, 0.25) is 0 Å². The highest BCUT2D eigenvalue weighted by Gasteiger charge is 2.24. The number of carbonyl (C=O) groups excluding carboxylic acids is 1. The third-order valence-electron chi connectivity index (χ3n) is 4.96. The number of aromatic nitrogens is 3. The van der Waals surface area contributed by atoms with Crippen molar-refractivity contribution < 1.29 is 9.53 Å². The zero-order valence-electron chi connectivity index (χ0n) is 16.8. The average Bonchev–Trinajstić information content (AvgIpc) is 3.04. The number of amides is 1.